The van der Waals surface area contributed by atoms with E-state index in [0.29, 0.717) is 28.1 Å². The van der Waals surface area contributed by atoms with Gasteiger partial charge < -0.3 is 4.90 Å². The highest BCUT2D eigenvalue weighted by molar-refractivity contribution is 6.32. The van der Waals surface area contributed by atoms with Gasteiger partial charge in [0.1, 0.15) is 0 Å². The average Bonchev–Trinajstić information content (AvgIpc) is 2.96. The largest absolute Gasteiger partial charge is 0.338 e. The summed E-state index contributed by atoms with van der Waals surface area (Å²) < 4.78 is 1.75. The fourth-order valence-electron chi connectivity index (χ4n) is 4.37. The number of rotatable bonds is 2. The van der Waals surface area contributed by atoms with Crippen LogP contribution in [0.1, 0.15) is 42.0 Å². The summed E-state index contributed by atoms with van der Waals surface area (Å²) in [4.78, 5) is 20.1. The number of amides is 1. The van der Waals surface area contributed by atoms with Gasteiger partial charge in [0.15, 0.2) is 5.65 Å². The summed E-state index contributed by atoms with van der Waals surface area (Å²) in [7, 11) is 0. The lowest BCUT2D eigenvalue weighted by atomic mass is 9.91. The summed E-state index contributed by atoms with van der Waals surface area (Å²) in [6.07, 6.45) is 1.16. The number of carbonyl (C=O) groups is 1. The van der Waals surface area contributed by atoms with Gasteiger partial charge in [0.2, 0.25) is 0 Å². The van der Waals surface area contributed by atoms with Crippen molar-refractivity contribution in [3.05, 3.63) is 52.3 Å². The molecule has 1 aromatic carbocycles. The lowest BCUT2D eigenvalue weighted by Gasteiger charge is -2.35. The van der Waals surface area contributed by atoms with E-state index in [1.54, 1.807) is 4.68 Å². The Balaban J connectivity index is 1.87. The first-order valence-corrected chi connectivity index (χ1v) is 10.1. The van der Waals surface area contributed by atoms with Gasteiger partial charge in [0.05, 0.1) is 27.4 Å². The van der Waals surface area contributed by atoms with Crippen molar-refractivity contribution in [3.8, 4) is 5.69 Å². The number of aromatic nitrogens is 3. The maximum atomic E-state index is 13.5. The Labute approximate surface area is 170 Å². The van der Waals surface area contributed by atoms with Crippen LogP contribution in [0, 0.1) is 25.7 Å². The van der Waals surface area contributed by atoms with Crippen molar-refractivity contribution in [2.75, 3.05) is 13.1 Å². The quantitative estimate of drug-likeness (QED) is 0.624. The predicted octanol–water partition coefficient (Wildman–Crippen LogP) is 4.81. The fourth-order valence-corrected chi connectivity index (χ4v) is 4.59. The van der Waals surface area contributed by atoms with Crippen LogP contribution in [0.4, 0.5) is 0 Å². The first kappa shape index (κ1) is 18.9. The molecular weight excluding hydrogens is 372 g/mol. The van der Waals surface area contributed by atoms with Crippen molar-refractivity contribution in [3.63, 3.8) is 0 Å². The standard InChI is InChI=1S/C22H25ClN4O/c1-13-9-14(2)12-26(11-13)22(28)17-10-15(3)24-21-20(17)16(4)25-27(21)19-8-6-5-7-18(19)23/h5-8,10,13-14H,9,11-12H2,1-4H3/t13-,14+. The minimum absolute atomic E-state index is 0.0655. The molecule has 2 atom stereocenters. The number of aryl methyl sites for hydroxylation is 2. The van der Waals surface area contributed by atoms with Gasteiger partial charge in [0, 0.05) is 18.8 Å². The molecule has 0 unspecified atom stereocenters. The van der Waals surface area contributed by atoms with Gasteiger partial charge in [0.25, 0.3) is 5.91 Å². The lowest BCUT2D eigenvalue weighted by Crippen LogP contribution is -2.42. The molecule has 0 saturated carbocycles. The zero-order valence-corrected chi connectivity index (χ0v) is 17.5. The molecule has 0 spiro atoms. The van der Waals surface area contributed by atoms with Gasteiger partial charge in [-0.2, -0.15) is 5.10 Å². The second-order valence-corrected chi connectivity index (χ2v) is 8.52. The van der Waals surface area contributed by atoms with E-state index < -0.39 is 0 Å². The minimum Gasteiger partial charge on any atom is -0.338 e. The molecule has 0 bridgehead atoms. The number of halogens is 1. The Bertz CT molecular complexity index is 1050. The molecule has 1 saturated heterocycles. The second kappa shape index (κ2) is 7.21. The van der Waals surface area contributed by atoms with Crippen LogP contribution < -0.4 is 0 Å². The Morgan fingerprint density at radius 2 is 1.82 bits per heavy atom. The van der Waals surface area contributed by atoms with Crippen LogP contribution in [0.5, 0.6) is 0 Å². The second-order valence-electron chi connectivity index (χ2n) is 8.11. The highest BCUT2D eigenvalue weighted by atomic mass is 35.5. The molecule has 4 rings (SSSR count). The van der Waals surface area contributed by atoms with Crippen LogP contribution in [-0.4, -0.2) is 38.7 Å². The smallest absolute Gasteiger partial charge is 0.254 e. The van der Waals surface area contributed by atoms with Crippen LogP contribution in [0.3, 0.4) is 0 Å². The summed E-state index contributed by atoms with van der Waals surface area (Å²) in [6.45, 7) is 9.85. The molecule has 28 heavy (non-hydrogen) atoms. The van der Waals surface area contributed by atoms with Gasteiger partial charge >= 0.3 is 0 Å². The van der Waals surface area contributed by atoms with E-state index in [2.05, 4.69) is 18.9 Å². The highest BCUT2D eigenvalue weighted by Crippen LogP contribution is 2.30. The van der Waals surface area contributed by atoms with Crippen LogP contribution in [0.2, 0.25) is 5.02 Å². The predicted molar refractivity (Wildman–Crippen MR) is 112 cm³/mol. The molecule has 146 valence electrons. The number of fused-ring (bicyclic) bond motifs is 1. The van der Waals surface area contributed by atoms with Gasteiger partial charge in [-0.05, 0) is 50.3 Å². The summed E-state index contributed by atoms with van der Waals surface area (Å²) in [5, 5.41) is 6.08. The van der Waals surface area contributed by atoms with E-state index in [-0.39, 0.29) is 5.91 Å². The fraction of sp³-hybridized carbons (Fsp3) is 0.409. The summed E-state index contributed by atoms with van der Waals surface area (Å²) in [5.41, 5.74) is 3.69. The van der Waals surface area contributed by atoms with E-state index in [1.807, 2.05) is 49.1 Å². The summed E-state index contributed by atoms with van der Waals surface area (Å²) in [6, 6.07) is 9.44. The molecule has 0 radical (unpaired) electrons. The molecule has 3 heterocycles. The first-order valence-electron chi connectivity index (χ1n) is 9.76. The van der Waals surface area contributed by atoms with Gasteiger partial charge in [-0.25, -0.2) is 9.67 Å². The number of nitrogens with zero attached hydrogens (tertiary/aromatic N) is 4. The number of benzene rings is 1. The first-order chi connectivity index (χ1) is 13.3. The Hall–Kier alpha value is -2.40. The molecule has 0 aliphatic carbocycles. The monoisotopic (exact) mass is 396 g/mol. The third-order valence-corrected chi connectivity index (χ3v) is 5.73. The molecule has 6 heteroatoms. The maximum absolute atomic E-state index is 13.5. The van der Waals surface area contributed by atoms with Crippen molar-refractivity contribution in [2.45, 2.75) is 34.1 Å². The molecule has 1 aliphatic heterocycles. The molecule has 1 fully saturated rings. The number of hydrogen-bond acceptors (Lipinski definition) is 3. The number of para-hydroxylation sites is 1. The van der Waals surface area contributed by atoms with Crippen molar-refractivity contribution in [1.82, 2.24) is 19.7 Å². The molecule has 1 amide bonds. The van der Waals surface area contributed by atoms with Crippen LogP contribution in [0.15, 0.2) is 30.3 Å². The number of carbonyl (C=O) groups excluding carboxylic acids is 1. The maximum Gasteiger partial charge on any atom is 0.254 e. The topological polar surface area (TPSA) is 51.0 Å². The van der Waals surface area contributed by atoms with E-state index in [1.165, 1.54) is 0 Å². The third kappa shape index (κ3) is 3.28. The zero-order chi connectivity index (χ0) is 20.0. The van der Waals surface area contributed by atoms with Crippen molar-refractivity contribution in [2.24, 2.45) is 11.8 Å². The molecule has 3 aromatic rings. The average molecular weight is 397 g/mol. The highest BCUT2D eigenvalue weighted by Gasteiger charge is 2.29. The van der Waals surface area contributed by atoms with Crippen molar-refractivity contribution < 1.29 is 4.79 Å². The Kier molecular flexibility index (Phi) is 4.88. The zero-order valence-electron chi connectivity index (χ0n) is 16.7. The van der Waals surface area contributed by atoms with E-state index >= 15 is 0 Å². The number of likely N-dealkylation sites (tertiary alicyclic amines) is 1. The number of piperidine rings is 1. The molecule has 0 N–H and O–H groups in total. The minimum atomic E-state index is 0.0655. The third-order valence-electron chi connectivity index (χ3n) is 5.41. The van der Waals surface area contributed by atoms with E-state index in [9.17, 15) is 4.79 Å². The van der Waals surface area contributed by atoms with Crippen molar-refractivity contribution in [1.29, 1.82) is 0 Å². The number of hydrogen-bond donors (Lipinski definition) is 0. The summed E-state index contributed by atoms with van der Waals surface area (Å²) >= 11 is 6.40. The lowest BCUT2D eigenvalue weighted by molar-refractivity contribution is 0.0625. The van der Waals surface area contributed by atoms with Crippen molar-refractivity contribution >= 4 is 28.5 Å². The molecular formula is C22H25ClN4O. The van der Waals surface area contributed by atoms with E-state index in [4.69, 9.17) is 16.6 Å². The molecule has 1 aliphatic rings. The normalized spacial score (nSPS) is 20.0. The van der Waals surface area contributed by atoms with Crippen LogP contribution in [-0.2, 0) is 0 Å². The summed E-state index contributed by atoms with van der Waals surface area (Å²) in [5.74, 6) is 1.09. The van der Waals surface area contributed by atoms with Gasteiger partial charge in [-0.1, -0.05) is 37.6 Å². The Morgan fingerprint density at radius 3 is 2.50 bits per heavy atom. The van der Waals surface area contributed by atoms with Gasteiger partial charge in [-0.3, -0.25) is 4.79 Å². The Morgan fingerprint density at radius 1 is 1.14 bits per heavy atom. The van der Waals surface area contributed by atoms with E-state index in [0.717, 1.165) is 42.0 Å². The van der Waals surface area contributed by atoms with Gasteiger partial charge in [-0.15, -0.1) is 0 Å². The van der Waals surface area contributed by atoms with Crippen LogP contribution >= 0.6 is 11.6 Å². The number of pyridine rings is 1. The SMILES string of the molecule is Cc1cc(C(=O)N2C[C@H](C)C[C@H](C)C2)c2c(C)nn(-c3ccccc3Cl)c2n1. The van der Waals surface area contributed by atoms with Crippen LogP contribution in [0.25, 0.3) is 16.7 Å². The molecule has 5 nitrogen and oxygen atoms in total. The molecule has 2 aromatic heterocycles.